The van der Waals surface area contributed by atoms with Gasteiger partial charge in [0.2, 0.25) is 11.8 Å². The van der Waals surface area contributed by atoms with Crippen molar-refractivity contribution >= 4 is 52.4 Å². The molecule has 1 aliphatic heterocycles. The van der Waals surface area contributed by atoms with Crippen molar-refractivity contribution in [3.63, 3.8) is 0 Å². The molecule has 0 unspecified atom stereocenters. The summed E-state index contributed by atoms with van der Waals surface area (Å²) in [6.07, 6.45) is -0.134. The van der Waals surface area contributed by atoms with Gasteiger partial charge >= 0.3 is 5.97 Å². The molecule has 0 saturated carbocycles. The van der Waals surface area contributed by atoms with Gasteiger partial charge in [-0.1, -0.05) is 29.3 Å². The molecule has 1 N–H and O–H groups in total. The number of rotatable bonds is 5. The summed E-state index contributed by atoms with van der Waals surface area (Å²) in [5, 5.41) is 3.41. The summed E-state index contributed by atoms with van der Waals surface area (Å²) in [7, 11) is 0. The predicted molar refractivity (Wildman–Crippen MR) is 113 cm³/mol. The quantitative estimate of drug-likeness (QED) is 0.700. The fraction of sp³-hybridized carbons (Fsp3) is 0.286. The molecule has 8 heteroatoms. The van der Waals surface area contributed by atoms with Crippen LogP contribution >= 0.6 is 23.2 Å². The number of hydrogen-bond donors (Lipinski definition) is 1. The van der Waals surface area contributed by atoms with Crippen molar-refractivity contribution in [2.24, 2.45) is 5.92 Å². The third kappa shape index (κ3) is 4.89. The molecule has 2 aromatic rings. The third-order valence-corrected chi connectivity index (χ3v) is 5.26. The second-order valence-corrected chi connectivity index (χ2v) is 7.78. The van der Waals surface area contributed by atoms with Crippen LogP contribution in [0.3, 0.4) is 0 Å². The zero-order valence-corrected chi connectivity index (χ0v) is 17.5. The molecule has 0 aromatic heterocycles. The first-order valence-electron chi connectivity index (χ1n) is 9.12. The molecule has 0 aliphatic carbocycles. The van der Waals surface area contributed by atoms with Crippen molar-refractivity contribution in [2.75, 3.05) is 16.8 Å². The summed E-state index contributed by atoms with van der Waals surface area (Å²) in [6.45, 7) is 3.76. The van der Waals surface area contributed by atoms with Crippen LogP contribution in [0.2, 0.25) is 10.0 Å². The molecule has 1 heterocycles. The van der Waals surface area contributed by atoms with E-state index in [-0.39, 0.29) is 35.9 Å². The van der Waals surface area contributed by atoms with Crippen molar-refractivity contribution in [1.29, 1.82) is 0 Å². The van der Waals surface area contributed by atoms with Gasteiger partial charge in [0.15, 0.2) is 0 Å². The molecule has 0 bridgehead atoms. The van der Waals surface area contributed by atoms with Crippen LogP contribution in [0.25, 0.3) is 0 Å². The topological polar surface area (TPSA) is 75.7 Å². The van der Waals surface area contributed by atoms with Gasteiger partial charge in [-0.2, -0.15) is 0 Å². The lowest BCUT2D eigenvalue weighted by molar-refractivity contribution is -0.122. The summed E-state index contributed by atoms with van der Waals surface area (Å²) in [5.41, 5.74) is 1.42. The van der Waals surface area contributed by atoms with Crippen molar-refractivity contribution in [2.45, 2.75) is 26.4 Å². The minimum absolute atomic E-state index is 0.0769. The van der Waals surface area contributed by atoms with E-state index in [9.17, 15) is 14.4 Å². The van der Waals surface area contributed by atoms with Gasteiger partial charge < -0.3 is 15.0 Å². The summed E-state index contributed by atoms with van der Waals surface area (Å²) in [4.78, 5) is 38.4. The first-order valence-corrected chi connectivity index (χ1v) is 9.88. The number of carbonyl (C=O) groups is 3. The first-order chi connectivity index (χ1) is 13.8. The minimum atomic E-state index is -0.525. The van der Waals surface area contributed by atoms with E-state index in [2.05, 4.69) is 5.32 Å². The van der Waals surface area contributed by atoms with Gasteiger partial charge in [-0.05, 0) is 50.2 Å². The molecule has 2 aromatic carbocycles. The molecular weight excluding hydrogens is 415 g/mol. The van der Waals surface area contributed by atoms with Crippen molar-refractivity contribution in [3.05, 3.63) is 58.1 Å². The zero-order chi connectivity index (χ0) is 21.1. The minimum Gasteiger partial charge on any atom is -0.459 e. The Kier molecular flexibility index (Phi) is 6.45. The van der Waals surface area contributed by atoms with Gasteiger partial charge in [0, 0.05) is 18.7 Å². The lowest BCUT2D eigenvalue weighted by atomic mass is 10.1. The molecule has 1 atom stereocenters. The number of carbonyl (C=O) groups excluding carboxylic acids is 3. The van der Waals surface area contributed by atoms with Crippen LogP contribution in [0.15, 0.2) is 42.5 Å². The number of nitrogens with zero attached hydrogens (tertiary/aromatic N) is 1. The van der Waals surface area contributed by atoms with Crippen LogP contribution in [-0.4, -0.2) is 30.4 Å². The lowest BCUT2D eigenvalue weighted by Gasteiger charge is -2.18. The van der Waals surface area contributed by atoms with Crippen LogP contribution in [0.4, 0.5) is 11.4 Å². The normalized spacial score (nSPS) is 16.2. The van der Waals surface area contributed by atoms with Crippen LogP contribution in [0, 0.1) is 5.92 Å². The van der Waals surface area contributed by atoms with E-state index in [0.717, 1.165) is 0 Å². The Morgan fingerprint density at radius 1 is 1.14 bits per heavy atom. The zero-order valence-electron chi connectivity index (χ0n) is 15.9. The predicted octanol–water partition coefficient (Wildman–Crippen LogP) is 4.55. The van der Waals surface area contributed by atoms with E-state index in [1.807, 2.05) is 0 Å². The van der Waals surface area contributed by atoms with Gasteiger partial charge in [-0.25, -0.2) is 4.79 Å². The fourth-order valence-corrected chi connectivity index (χ4v) is 3.43. The lowest BCUT2D eigenvalue weighted by Crippen LogP contribution is -2.28. The first kappa shape index (κ1) is 21.1. The molecule has 0 spiro atoms. The van der Waals surface area contributed by atoms with Crippen LogP contribution < -0.4 is 10.2 Å². The van der Waals surface area contributed by atoms with Gasteiger partial charge in [-0.3, -0.25) is 9.59 Å². The standard InChI is InChI=1S/C21H20Cl2N2O4/c1-12(2)29-21(28)13-6-8-15(9-7-13)24-20(27)14-10-18(26)25(11-14)17-5-3-4-16(22)19(17)23/h3-9,12,14H,10-11H2,1-2H3,(H,24,27)/t14-/m1/s1. The number of halogens is 2. The molecule has 152 valence electrons. The van der Waals surface area contributed by atoms with E-state index >= 15 is 0 Å². The average Bonchev–Trinajstić information content (AvgIpc) is 3.05. The van der Waals surface area contributed by atoms with Crippen LogP contribution in [-0.2, 0) is 14.3 Å². The summed E-state index contributed by atoms with van der Waals surface area (Å²) in [6, 6.07) is 11.4. The fourth-order valence-electron chi connectivity index (χ4n) is 3.03. The van der Waals surface area contributed by atoms with Gasteiger partial charge in [0.25, 0.3) is 0 Å². The number of hydrogen-bond acceptors (Lipinski definition) is 4. The highest BCUT2D eigenvalue weighted by Crippen LogP contribution is 2.35. The van der Waals surface area contributed by atoms with Gasteiger partial charge in [-0.15, -0.1) is 0 Å². The number of esters is 1. The van der Waals surface area contributed by atoms with E-state index in [4.69, 9.17) is 27.9 Å². The monoisotopic (exact) mass is 434 g/mol. The third-order valence-electron chi connectivity index (χ3n) is 4.45. The summed E-state index contributed by atoms with van der Waals surface area (Å²) >= 11 is 12.2. The Balaban J connectivity index is 1.65. The van der Waals surface area contributed by atoms with Crippen molar-refractivity contribution in [1.82, 2.24) is 0 Å². The maximum atomic E-state index is 12.6. The highest BCUT2D eigenvalue weighted by atomic mass is 35.5. The van der Waals surface area contributed by atoms with Crippen LogP contribution in [0.1, 0.15) is 30.6 Å². The van der Waals surface area contributed by atoms with Gasteiger partial charge in [0.1, 0.15) is 0 Å². The molecule has 2 amide bonds. The SMILES string of the molecule is CC(C)OC(=O)c1ccc(NC(=O)[C@@H]2CC(=O)N(c3cccc(Cl)c3Cl)C2)cc1. The van der Waals surface area contributed by atoms with Crippen molar-refractivity contribution < 1.29 is 19.1 Å². The second kappa shape index (κ2) is 8.84. The Labute approximate surface area is 178 Å². The number of anilines is 2. The number of nitrogens with one attached hydrogen (secondary N) is 1. The van der Waals surface area contributed by atoms with E-state index in [0.29, 0.717) is 22.0 Å². The molecule has 29 heavy (non-hydrogen) atoms. The highest BCUT2D eigenvalue weighted by molar-refractivity contribution is 6.44. The summed E-state index contributed by atoms with van der Waals surface area (Å²) < 4.78 is 5.13. The largest absolute Gasteiger partial charge is 0.459 e. The molecular formula is C21H20Cl2N2O4. The maximum absolute atomic E-state index is 12.6. The summed E-state index contributed by atoms with van der Waals surface area (Å²) in [5.74, 6) is -1.42. The maximum Gasteiger partial charge on any atom is 0.338 e. The van der Waals surface area contributed by atoms with Crippen LogP contribution in [0.5, 0.6) is 0 Å². The van der Waals surface area contributed by atoms with Gasteiger partial charge in [0.05, 0.1) is 33.3 Å². The molecule has 0 radical (unpaired) electrons. The molecule has 1 aliphatic rings. The smallest absolute Gasteiger partial charge is 0.338 e. The van der Waals surface area contributed by atoms with Crippen molar-refractivity contribution in [3.8, 4) is 0 Å². The number of benzene rings is 2. The highest BCUT2D eigenvalue weighted by Gasteiger charge is 2.36. The molecule has 1 saturated heterocycles. The molecule has 1 fully saturated rings. The number of amides is 2. The second-order valence-electron chi connectivity index (χ2n) is 7.00. The van der Waals surface area contributed by atoms with E-state index in [1.54, 1.807) is 56.3 Å². The Bertz CT molecular complexity index is 944. The molecule has 3 rings (SSSR count). The Hall–Kier alpha value is -2.57. The average molecular weight is 435 g/mol. The Morgan fingerprint density at radius 3 is 2.48 bits per heavy atom. The van der Waals surface area contributed by atoms with E-state index < -0.39 is 11.9 Å². The molecule has 6 nitrogen and oxygen atoms in total. The number of ether oxygens (including phenoxy) is 1. The Morgan fingerprint density at radius 2 is 1.83 bits per heavy atom. The van der Waals surface area contributed by atoms with E-state index in [1.165, 1.54) is 4.90 Å².